The third-order valence-corrected chi connectivity index (χ3v) is 5.48. The first-order valence-electron chi connectivity index (χ1n) is 8.94. The number of anilines is 1. The zero-order valence-corrected chi connectivity index (χ0v) is 16.5. The van der Waals surface area contributed by atoms with E-state index in [1.807, 2.05) is 42.5 Å². The molecule has 27 heavy (non-hydrogen) atoms. The van der Waals surface area contributed by atoms with E-state index in [2.05, 4.69) is 33.0 Å². The molecule has 0 N–H and O–H groups in total. The van der Waals surface area contributed by atoms with Crippen LogP contribution in [0.25, 0.3) is 11.5 Å². The summed E-state index contributed by atoms with van der Waals surface area (Å²) in [5.41, 5.74) is 1.92. The molecule has 2 aromatic carbocycles. The molecule has 4 rings (SSSR count). The molecule has 3 aromatic rings. The van der Waals surface area contributed by atoms with Gasteiger partial charge in [0.1, 0.15) is 0 Å². The third-order valence-electron chi connectivity index (χ3n) is 4.92. The Morgan fingerprint density at radius 1 is 0.963 bits per heavy atom. The Kier molecular flexibility index (Phi) is 5.34. The number of rotatable bonds is 4. The van der Waals surface area contributed by atoms with Crippen molar-refractivity contribution in [1.82, 2.24) is 15.1 Å². The van der Waals surface area contributed by atoms with Crippen molar-refractivity contribution in [3.63, 3.8) is 0 Å². The normalized spacial score (nSPS) is 16.5. The molecule has 1 atom stereocenters. The molecule has 0 spiro atoms. The highest BCUT2D eigenvalue weighted by atomic mass is 35.5. The van der Waals surface area contributed by atoms with E-state index in [9.17, 15) is 0 Å². The highest BCUT2D eigenvalue weighted by Crippen LogP contribution is 2.29. The van der Waals surface area contributed by atoms with E-state index in [-0.39, 0.29) is 6.04 Å². The van der Waals surface area contributed by atoms with Gasteiger partial charge in [-0.15, -0.1) is 10.2 Å². The molecule has 7 heteroatoms. The number of aromatic nitrogens is 2. The average molecular weight is 403 g/mol. The van der Waals surface area contributed by atoms with Crippen molar-refractivity contribution in [2.45, 2.75) is 13.0 Å². The molecule has 0 bridgehead atoms. The van der Waals surface area contributed by atoms with E-state index in [0.29, 0.717) is 16.8 Å². The smallest absolute Gasteiger partial charge is 0.247 e. The Morgan fingerprint density at radius 2 is 1.74 bits per heavy atom. The predicted molar refractivity (Wildman–Crippen MR) is 108 cm³/mol. The van der Waals surface area contributed by atoms with Gasteiger partial charge < -0.3 is 9.32 Å². The van der Waals surface area contributed by atoms with Gasteiger partial charge >= 0.3 is 0 Å². The summed E-state index contributed by atoms with van der Waals surface area (Å²) >= 11 is 12.4. The van der Waals surface area contributed by atoms with Crippen LogP contribution in [0.4, 0.5) is 5.69 Å². The Morgan fingerprint density at radius 3 is 2.48 bits per heavy atom. The predicted octanol–water partition coefficient (Wildman–Crippen LogP) is 4.93. The third kappa shape index (κ3) is 3.95. The van der Waals surface area contributed by atoms with Gasteiger partial charge in [-0.05, 0) is 37.3 Å². The molecule has 1 aliphatic heterocycles. The van der Waals surface area contributed by atoms with Gasteiger partial charge in [-0.3, -0.25) is 4.90 Å². The number of hydrogen-bond donors (Lipinski definition) is 0. The summed E-state index contributed by atoms with van der Waals surface area (Å²) < 4.78 is 5.91. The Balaban J connectivity index is 1.43. The second-order valence-corrected chi connectivity index (χ2v) is 7.45. The first kappa shape index (κ1) is 18.3. The molecule has 0 amide bonds. The Labute approximate surface area is 168 Å². The van der Waals surface area contributed by atoms with Crippen LogP contribution in [-0.2, 0) is 0 Å². The van der Waals surface area contributed by atoms with Crippen LogP contribution in [0.3, 0.4) is 0 Å². The maximum Gasteiger partial charge on any atom is 0.247 e. The fourth-order valence-electron chi connectivity index (χ4n) is 3.36. The zero-order chi connectivity index (χ0) is 18.8. The summed E-state index contributed by atoms with van der Waals surface area (Å²) in [5.74, 6) is 1.12. The second-order valence-electron chi connectivity index (χ2n) is 6.61. The zero-order valence-electron chi connectivity index (χ0n) is 15.0. The maximum atomic E-state index is 6.33. The average Bonchev–Trinajstić information content (AvgIpc) is 3.18. The van der Waals surface area contributed by atoms with Crippen LogP contribution in [0.5, 0.6) is 0 Å². The first-order valence-corrected chi connectivity index (χ1v) is 9.70. The lowest BCUT2D eigenvalue weighted by Gasteiger charge is -2.38. The van der Waals surface area contributed by atoms with Crippen molar-refractivity contribution in [2.75, 3.05) is 31.1 Å². The molecular formula is C20H20Cl2N4O. The van der Waals surface area contributed by atoms with Crippen molar-refractivity contribution in [1.29, 1.82) is 0 Å². The van der Waals surface area contributed by atoms with E-state index in [4.69, 9.17) is 27.6 Å². The standard InChI is InChI=1S/C20H20Cl2N4O/c1-14(19-23-24-20(27-19)15-5-4-6-16(21)13-15)25-9-11-26(12-10-25)18-8-3-2-7-17(18)22/h2-8,13-14H,9-12H2,1H3/t14-/m1/s1. The SMILES string of the molecule is C[C@H](c1nnc(-c2cccc(Cl)c2)o1)N1CCN(c2ccccc2Cl)CC1. The van der Waals surface area contributed by atoms with Crippen LogP contribution in [0.15, 0.2) is 52.9 Å². The fraction of sp³-hybridized carbons (Fsp3) is 0.300. The molecule has 1 saturated heterocycles. The monoisotopic (exact) mass is 402 g/mol. The number of para-hydroxylation sites is 1. The number of halogens is 2. The van der Waals surface area contributed by atoms with E-state index >= 15 is 0 Å². The molecule has 1 aromatic heterocycles. The van der Waals surface area contributed by atoms with Crippen molar-refractivity contribution in [3.8, 4) is 11.5 Å². The lowest BCUT2D eigenvalue weighted by atomic mass is 10.2. The number of benzene rings is 2. The largest absolute Gasteiger partial charge is 0.419 e. The van der Waals surface area contributed by atoms with Crippen molar-refractivity contribution >= 4 is 28.9 Å². The Hall–Kier alpha value is -2.08. The molecule has 1 fully saturated rings. The van der Waals surface area contributed by atoms with Crippen molar-refractivity contribution < 1.29 is 4.42 Å². The quantitative estimate of drug-likeness (QED) is 0.618. The van der Waals surface area contributed by atoms with Crippen LogP contribution < -0.4 is 4.90 Å². The van der Waals surface area contributed by atoms with Gasteiger partial charge in [0.25, 0.3) is 0 Å². The molecule has 0 saturated carbocycles. The van der Waals surface area contributed by atoms with Crippen LogP contribution in [0.1, 0.15) is 18.9 Å². The topological polar surface area (TPSA) is 45.4 Å². The van der Waals surface area contributed by atoms with Gasteiger partial charge in [-0.2, -0.15) is 0 Å². The van der Waals surface area contributed by atoms with Crippen LogP contribution >= 0.6 is 23.2 Å². The highest BCUT2D eigenvalue weighted by molar-refractivity contribution is 6.33. The lowest BCUT2D eigenvalue weighted by Crippen LogP contribution is -2.47. The molecule has 140 valence electrons. The molecule has 0 unspecified atom stereocenters. The minimum Gasteiger partial charge on any atom is -0.419 e. The minimum absolute atomic E-state index is 0.0545. The number of piperazine rings is 1. The van der Waals surface area contributed by atoms with E-state index in [1.54, 1.807) is 0 Å². The summed E-state index contributed by atoms with van der Waals surface area (Å²) in [6.45, 7) is 5.72. The molecule has 0 radical (unpaired) electrons. The molecule has 0 aliphatic carbocycles. The van der Waals surface area contributed by atoms with Gasteiger partial charge in [0.15, 0.2) is 0 Å². The van der Waals surface area contributed by atoms with Crippen molar-refractivity contribution in [2.24, 2.45) is 0 Å². The van der Waals surface area contributed by atoms with Gasteiger partial charge in [-0.1, -0.05) is 41.4 Å². The lowest BCUT2D eigenvalue weighted by molar-refractivity contribution is 0.174. The van der Waals surface area contributed by atoms with Gasteiger partial charge in [0.05, 0.1) is 16.8 Å². The fourth-order valence-corrected chi connectivity index (χ4v) is 3.80. The summed E-state index contributed by atoms with van der Waals surface area (Å²) in [7, 11) is 0. The summed E-state index contributed by atoms with van der Waals surface area (Å²) in [6, 6.07) is 15.5. The summed E-state index contributed by atoms with van der Waals surface area (Å²) in [6.07, 6.45) is 0. The second kappa shape index (κ2) is 7.89. The highest BCUT2D eigenvalue weighted by Gasteiger charge is 2.26. The van der Waals surface area contributed by atoms with Gasteiger partial charge in [0, 0.05) is 36.8 Å². The van der Waals surface area contributed by atoms with E-state index in [0.717, 1.165) is 42.5 Å². The summed E-state index contributed by atoms with van der Waals surface area (Å²) in [5, 5.41) is 9.88. The minimum atomic E-state index is 0.0545. The first-order chi connectivity index (χ1) is 13.1. The van der Waals surface area contributed by atoms with Crippen molar-refractivity contribution in [3.05, 3.63) is 64.5 Å². The molecule has 2 heterocycles. The summed E-state index contributed by atoms with van der Waals surface area (Å²) in [4.78, 5) is 4.67. The maximum absolute atomic E-state index is 6.33. The van der Waals surface area contributed by atoms with Crippen LogP contribution in [-0.4, -0.2) is 41.3 Å². The number of hydrogen-bond acceptors (Lipinski definition) is 5. The number of nitrogens with zero attached hydrogens (tertiary/aromatic N) is 4. The molecular weight excluding hydrogens is 383 g/mol. The van der Waals surface area contributed by atoms with Crippen LogP contribution in [0.2, 0.25) is 10.0 Å². The molecule has 5 nitrogen and oxygen atoms in total. The van der Waals surface area contributed by atoms with E-state index < -0.39 is 0 Å². The van der Waals surface area contributed by atoms with E-state index in [1.165, 1.54) is 0 Å². The van der Waals surface area contributed by atoms with Gasteiger partial charge in [-0.25, -0.2) is 0 Å². The molecule has 1 aliphatic rings. The van der Waals surface area contributed by atoms with Gasteiger partial charge in [0.2, 0.25) is 11.8 Å². The Bertz CT molecular complexity index is 922. The van der Waals surface area contributed by atoms with Crippen LogP contribution in [0, 0.1) is 0 Å².